The zero-order chi connectivity index (χ0) is 9.64. The summed E-state index contributed by atoms with van der Waals surface area (Å²) in [5, 5.41) is 19.0. The predicted molar refractivity (Wildman–Crippen MR) is 56.6 cm³/mol. The maximum absolute atomic E-state index is 9.54. The Hall–Kier alpha value is -0.160. The maximum Gasteiger partial charge on any atom is 0.197 e. The van der Waals surface area contributed by atoms with Crippen LogP contribution in [0.2, 0.25) is 0 Å². The molecule has 1 aromatic heterocycles. The SMILES string of the molecule is Oc1[nH]c(O)c2c1CCCC2(Br)Br. The number of fused-ring (bicyclic) bond motifs is 1. The Labute approximate surface area is 92.4 Å². The van der Waals surface area contributed by atoms with E-state index in [0.717, 1.165) is 30.4 Å². The predicted octanol–water partition coefficient (Wildman–Crippen LogP) is 2.70. The van der Waals surface area contributed by atoms with Crippen LogP contribution in [0.4, 0.5) is 0 Å². The van der Waals surface area contributed by atoms with Gasteiger partial charge >= 0.3 is 0 Å². The highest BCUT2D eigenvalue weighted by Crippen LogP contribution is 2.52. The van der Waals surface area contributed by atoms with Crippen molar-refractivity contribution >= 4 is 31.9 Å². The van der Waals surface area contributed by atoms with Crippen LogP contribution < -0.4 is 0 Å². The number of aromatic amines is 1. The second-order valence-electron chi connectivity index (χ2n) is 3.23. The smallest absolute Gasteiger partial charge is 0.197 e. The normalized spacial score (nSPS) is 19.8. The summed E-state index contributed by atoms with van der Waals surface area (Å²) in [7, 11) is 0. The summed E-state index contributed by atoms with van der Waals surface area (Å²) in [6.45, 7) is 0. The van der Waals surface area contributed by atoms with Gasteiger partial charge in [0, 0.05) is 11.1 Å². The lowest BCUT2D eigenvalue weighted by molar-refractivity contribution is 0.422. The van der Waals surface area contributed by atoms with Crippen molar-refractivity contribution in [1.29, 1.82) is 0 Å². The number of aromatic nitrogens is 1. The molecule has 1 heterocycles. The molecule has 0 saturated carbocycles. The van der Waals surface area contributed by atoms with Crippen molar-refractivity contribution in [2.24, 2.45) is 0 Å². The molecule has 13 heavy (non-hydrogen) atoms. The van der Waals surface area contributed by atoms with Crippen LogP contribution in [0.15, 0.2) is 0 Å². The average molecular weight is 311 g/mol. The lowest BCUT2D eigenvalue weighted by Crippen LogP contribution is -2.15. The van der Waals surface area contributed by atoms with Gasteiger partial charge in [0.15, 0.2) is 11.8 Å². The van der Waals surface area contributed by atoms with Gasteiger partial charge < -0.3 is 10.2 Å². The van der Waals surface area contributed by atoms with E-state index in [9.17, 15) is 10.2 Å². The number of hydrogen-bond acceptors (Lipinski definition) is 2. The zero-order valence-corrected chi connectivity index (χ0v) is 9.94. The van der Waals surface area contributed by atoms with Crippen LogP contribution in [0.5, 0.6) is 11.8 Å². The molecule has 0 bridgehead atoms. The van der Waals surface area contributed by atoms with Crippen molar-refractivity contribution in [2.45, 2.75) is 22.5 Å². The van der Waals surface area contributed by atoms with Crippen LogP contribution >= 0.6 is 31.9 Å². The Morgan fingerprint density at radius 2 is 1.92 bits per heavy atom. The second-order valence-corrected chi connectivity index (χ2v) is 7.01. The molecule has 0 aromatic carbocycles. The molecule has 0 fully saturated rings. The summed E-state index contributed by atoms with van der Waals surface area (Å²) in [4.78, 5) is 2.52. The first-order chi connectivity index (χ1) is 6.02. The maximum atomic E-state index is 9.54. The fourth-order valence-electron chi connectivity index (χ4n) is 1.76. The van der Waals surface area contributed by atoms with Crippen molar-refractivity contribution in [3.8, 4) is 11.8 Å². The van der Waals surface area contributed by atoms with Crippen LogP contribution in [0.25, 0.3) is 0 Å². The molecule has 3 nitrogen and oxygen atoms in total. The minimum Gasteiger partial charge on any atom is -0.494 e. The molecule has 0 unspecified atom stereocenters. The highest BCUT2D eigenvalue weighted by molar-refractivity contribution is 9.24. The number of rotatable bonds is 0. The molecule has 0 atom stereocenters. The van der Waals surface area contributed by atoms with Gasteiger partial charge in [-0.3, -0.25) is 4.98 Å². The number of nitrogens with one attached hydrogen (secondary N) is 1. The Morgan fingerprint density at radius 1 is 1.23 bits per heavy atom. The highest BCUT2D eigenvalue weighted by atomic mass is 79.9. The van der Waals surface area contributed by atoms with Gasteiger partial charge in [-0.05, 0) is 19.3 Å². The van der Waals surface area contributed by atoms with Crippen molar-refractivity contribution in [1.82, 2.24) is 4.98 Å². The van der Waals surface area contributed by atoms with E-state index in [0.29, 0.717) is 0 Å². The first kappa shape index (κ1) is 9.40. The molecule has 3 N–H and O–H groups in total. The first-order valence-corrected chi connectivity index (χ1v) is 5.62. The first-order valence-electron chi connectivity index (χ1n) is 4.03. The van der Waals surface area contributed by atoms with Crippen molar-refractivity contribution < 1.29 is 10.2 Å². The quantitative estimate of drug-likeness (QED) is 0.645. The van der Waals surface area contributed by atoms with Crippen LogP contribution in [0, 0.1) is 0 Å². The summed E-state index contributed by atoms with van der Waals surface area (Å²) >= 11 is 6.96. The molecule has 1 aliphatic carbocycles. The van der Waals surface area contributed by atoms with Crippen molar-refractivity contribution in [2.75, 3.05) is 0 Å². The minimum absolute atomic E-state index is 0.0425. The van der Waals surface area contributed by atoms with Gasteiger partial charge in [0.2, 0.25) is 0 Å². The molecule has 5 heteroatoms. The van der Waals surface area contributed by atoms with Crippen LogP contribution in [-0.4, -0.2) is 15.2 Å². The van der Waals surface area contributed by atoms with E-state index in [2.05, 4.69) is 36.8 Å². The molecule has 72 valence electrons. The topological polar surface area (TPSA) is 56.2 Å². The van der Waals surface area contributed by atoms with Gasteiger partial charge in [-0.25, -0.2) is 0 Å². The fourth-order valence-corrected chi connectivity index (χ4v) is 3.18. The zero-order valence-electron chi connectivity index (χ0n) is 6.77. The number of H-pyrrole nitrogens is 1. The number of alkyl halides is 2. The van der Waals surface area contributed by atoms with E-state index < -0.39 is 3.23 Å². The van der Waals surface area contributed by atoms with E-state index in [1.165, 1.54) is 0 Å². The third kappa shape index (κ3) is 1.38. The standard InChI is InChI=1S/C8H9Br2NO2/c9-8(10)3-1-2-4-5(8)7(13)11-6(4)12/h11-13H,1-3H2. The largest absolute Gasteiger partial charge is 0.494 e. The highest BCUT2D eigenvalue weighted by Gasteiger charge is 2.37. The van der Waals surface area contributed by atoms with Crippen molar-refractivity contribution in [3.05, 3.63) is 11.1 Å². The molecular weight excluding hydrogens is 302 g/mol. The molecule has 0 saturated heterocycles. The number of aromatic hydroxyl groups is 2. The fraction of sp³-hybridized carbons (Fsp3) is 0.500. The van der Waals surface area contributed by atoms with Crippen LogP contribution in [-0.2, 0) is 9.65 Å². The second kappa shape index (κ2) is 2.92. The molecule has 0 amide bonds. The lowest BCUT2D eigenvalue weighted by Gasteiger charge is -2.25. The molecule has 0 aliphatic heterocycles. The van der Waals surface area contributed by atoms with Gasteiger partial charge in [-0.2, -0.15) is 0 Å². The van der Waals surface area contributed by atoms with Gasteiger partial charge in [-0.1, -0.05) is 31.9 Å². The Balaban J connectivity index is 2.62. The molecule has 0 spiro atoms. The molecular formula is C8H9Br2NO2. The van der Waals surface area contributed by atoms with E-state index in [1.807, 2.05) is 0 Å². The monoisotopic (exact) mass is 309 g/mol. The molecule has 2 rings (SSSR count). The summed E-state index contributed by atoms with van der Waals surface area (Å²) in [6.07, 6.45) is 2.68. The van der Waals surface area contributed by atoms with Crippen LogP contribution in [0.1, 0.15) is 24.0 Å². The molecule has 1 aromatic rings. The summed E-state index contributed by atoms with van der Waals surface area (Å²) in [6, 6.07) is 0. The number of halogens is 2. The molecule has 1 aliphatic rings. The number of hydrogen-bond donors (Lipinski definition) is 3. The Morgan fingerprint density at radius 3 is 2.54 bits per heavy atom. The summed E-state index contributed by atoms with van der Waals surface area (Å²) < 4.78 is -0.394. The van der Waals surface area contributed by atoms with E-state index in [1.54, 1.807) is 0 Å². The van der Waals surface area contributed by atoms with E-state index in [-0.39, 0.29) is 11.8 Å². The van der Waals surface area contributed by atoms with Gasteiger partial charge in [0.25, 0.3) is 0 Å². The third-order valence-corrected chi connectivity index (χ3v) is 3.93. The lowest BCUT2D eigenvalue weighted by atomic mass is 9.95. The average Bonchev–Trinajstić information content (AvgIpc) is 2.27. The van der Waals surface area contributed by atoms with E-state index in [4.69, 9.17) is 0 Å². The summed E-state index contributed by atoms with van der Waals surface area (Å²) in [5.41, 5.74) is 1.54. The van der Waals surface area contributed by atoms with E-state index >= 15 is 0 Å². The summed E-state index contributed by atoms with van der Waals surface area (Å²) in [5.74, 6) is 0.122. The minimum atomic E-state index is -0.394. The van der Waals surface area contributed by atoms with Gasteiger partial charge in [0.05, 0.1) is 0 Å². The van der Waals surface area contributed by atoms with Gasteiger partial charge in [-0.15, -0.1) is 0 Å². The van der Waals surface area contributed by atoms with Crippen molar-refractivity contribution in [3.63, 3.8) is 0 Å². The van der Waals surface area contributed by atoms with Gasteiger partial charge in [0.1, 0.15) is 3.23 Å². The third-order valence-electron chi connectivity index (χ3n) is 2.34. The Kier molecular flexibility index (Phi) is 2.11. The molecule has 0 radical (unpaired) electrons. The Bertz CT molecular complexity index is 346. The van der Waals surface area contributed by atoms with Crippen LogP contribution in [0.3, 0.4) is 0 Å².